The SMILES string of the molecule is CCOc1ccc(CNC(=O)c2cccc([N+](=O)[O-])c2C)cc1OCC. The molecule has 0 aliphatic carbocycles. The van der Waals surface area contributed by atoms with Gasteiger partial charge in [0.15, 0.2) is 11.5 Å². The summed E-state index contributed by atoms with van der Waals surface area (Å²) in [5.74, 6) is 0.907. The molecular formula is C19H22N2O5. The fourth-order valence-electron chi connectivity index (χ4n) is 2.55. The molecule has 1 amide bonds. The van der Waals surface area contributed by atoms with Crippen LogP contribution in [0.2, 0.25) is 0 Å². The van der Waals surface area contributed by atoms with Crippen molar-refractivity contribution in [1.29, 1.82) is 0 Å². The Labute approximate surface area is 152 Å². The van der Waals surface area contributed by atoms with Gasteiger partial charge in [-0.05, 0) is 44.5 Å². The van der Waals surface area contributed by atoms with Gasteiger partial charge in [-0.1, -0.05) is 12.1 Å². The van der Waals surface area contributed by atoms with Crippen LogP contribution in [-0.4, -0.2) is 24.0 Å². The van der Waals surface area contributed by atoms with Crippen molar-refractivity contribution in [2.75, 3.05) is 13.2 Å². The largest absolute Gasteiger partial charge is 0.490 e. The molecule has 0 aliphatic heterocycles. The van der Waals surface area contributed by atoms with E-state index < -0.39 is 4.92 Å². The van der Waals surface area contributed by atoms with E-state index in [2.05, 4.69) is 5.32 Å². The van der Waals surface area contributed by atoms with Gasteiger partial charge in [-0.15, -0.1) is 0 Å². The fraction of sp³-hybridized carbons (Fsp3) is 0.316. The Balaban J connectivity index is 2.13. The van der Waals surface area contributed by atoms with Crippen LogP contribution in [0, 0.1) is 17.0 Å². The van der Waals surface area contributed by atoms with E-state index in [1.165, 1.54) is 12.1 Å². The number of nitro groups is 1. The van der Waals surface area contributed by atoms with E-state index in [0.717, 1.165) is 5.56 Å². The zero-order chi connectivity index (χ0) is 19.1. The molecule has 0 fully saturated rings. The standard InChI is InChI=1S/C19H22N2O5/c1-4-25-17-10-9-14(11-18(17)26-5-2)12-20-19(22)15-7-6-8-16(13(15)3)21(23)24/h6-11H,4-5,12H2,1-3H3,(H,20,22). The molecule has 0 radical (unpaired) electrons. The molecule has 26 heavy (non-hydrogen) atoms. The topological polar surface area (TPSA) is 90.7 Å². The third kappa shape index (κ3) is 4.50. The molecule has 1 N–H and O–H groups in total. The first kappa shape index (κ1) is 19.2. The zero-order valence-corrected chi connectivity index (χ0v) is 15.1. The predicted molar refractivity (Wildman–Crippen MR) is 97.8 cm³/mol. The van der Waals surface area contributed by atoms with Crippen LogP contribution in [0.5, 0.6) is 11.5 Å². The monoisotopic (exact) mass is 358 g/mol. The maximum Gasteiger partial charge on any atom is 0.273 e. The van der Waals surface area contributed by atoms with E-state index in [1.807, 2.05) is 26.0 Å². The highest BCUT2D eigenvalue weighted by Gasteiger charge is 2.17. The molecule has 0 atom stereocenters. The molecule has 0 aromatic heterocycles. The summed E-state index contributed by atoms with van der Waals surface area (Å²) in [6, 6.07) is 9.91. The van der Waals surface area contributed by atoms with E-state index in [4.69, 9.17) is 9.47 Å². The highest BCUT2D eigenvalue weighted by molar-refractivity contribution is 5.96. The quantitative estimate of drug-likeness (QED) is 0.575. The number of hydrogen-bond acceptors (Lipinski definition) is 5. The van der Waals surface area contributed by atoms with Crippen molar-refractivity contribution in [2.24, 2.45) is 0 Å². The van der Waals surface area contributed by atoms with Crippen molar-refractivity contribution in [3.63, 3.8) is 0 Å². The number of nitro benzene ring substituents is 1. The highest BCUT2D eigenvalue weighted by atomic mass is 16.6. The predicted octanol–water partition coefficient (Wildman–Crippen LogP) is 3.63. The minimum absolute atomic E-state index is 0.0719. The average Bonchev–Trinajstić information content (AvgIpc) is 2.62. The fourth-order valence-corrected chi connectivity index (χ4v) is 2.55. The first-order chi connectivity index (χ1) is 12.5. The molecule has 138 valence electrons. The molecule has 7 heteroatoms. The van der Waals surface area contributed by atoms with Crippen molar-refractivity contribution < 1.29 is 19.2 Å². The summed E-state index contributed by atoms with van der Waals surface area (Å²) in [7, 11) is 0. The molecule has 7 nitrogen and oxygen atoms in total. The number of rotatable bonds is 8. The molecule has 0 unspecified atom stereocenters. The number of hydrogen-bond donors (Lipinski definition) is 1. The number of nitrogens with one attached hydrogen (secondary N) is 1. The molecule has 0 bridgehead atoms. The van der Waals surface area contributed by atoms with Gasteiger partial charge in [0.2, 0.25) is 0 Å². The lowest BCUT2D eigenvalue weighted by molar-refractivity contribution is -0.385. The average molecular weight is 358 g/mol. The summed E-state index contributed by atoms with van der Waals surface area (Å²) in [6.45, 7) is 6.65. The highest BCUT2D eigenvalue weighted by Crippen LogP contribution is 2.28. The molecular weight excluding hydrogens is 336 g/mol. The summed E-state index contributed by atoms with van der Waals surface area (Å²) in [6.07, 6.45) is 0. The van der Waals surface area contributed by atoms with Crippen LogP contribution < -0.4 is 14.8 Å². The third-order valence-electron chi connectivity index (χ3n) is 3.81. The van der Waals surface area contributed by atoms with Crippen LogP contribution in [0.1, 0.15) is 35.3 Å². The second-order valence-corrected chi connectivity index (χ2v) is 5.54. The molecule has 0 heterocycles. The minimum atomic E-state index is -0.493. The van der Waals surface area contributed by atoms with E-state index in [9.17, 15) is 14.9 Å². The van der Waals surface area contributed by atoms with Gasteiger partial charge in [-0.25, -0.2) is 0 Å². The van der Waals surface area contributed by atoms with Crippen molar-refractivity contribution >= 4 is 11.6 Å². The first-order valence-corrected chi connectivity index (χ1v) is 8.38. The molecule has 0 spiro atoms. The van der Waals surface area contributed by atoms with Gasteiger partial charge >= 0.3 is 0 Å². The van der Waals surface area contributed by atoms with Gasteiger partial charge in [0.1, 0.15) is 0 Å². The Hall–Kier alpha value is -3.09. The van der Waals surface area contributed by atoms with E-state index >= 15 is 0 Å². The number of ether oxygens (including phenoxy) is 2. The van der Waals surface area contributed by atoms with E-state index in [0.29, 0.717) is 30.3 Å². The molecule has 0 aliphatic rings. The number of nitrogens with zero attached hydrogens (tertiary/aromatic N) is 1. The molecule has 2 aromatic rings. The Morgan fingerprint density at radius 3 is 2.46 bits per heavy atom. The number of carbonyl (C=O) groups is 1. The van der Waals surface area contributed by atoms with Gasteiger partial charge in [-0.2, -0.15) is 0 Å². The number of amides is 1. The van der Waals surface area contributed by atoms with Gasteiger partial charge in [0.05, 0.1) is 18.1 Å². The van der Waals surface area contributed by atoms with Crippen molar-refractivity contribution in [2.45, 2.75) is 27.3 Å². The van der Waals surface area contributed by atoms with Crippen LogP contribution in [0.25, 0.3) is 0 Å². The molecule has 0 saturated heterocycles. The third-order valence-corrected chi connectivity index (χ3v) is 3.81. The van der Waals surface area contributed by atoms with Gasteiger partial charge < -0.3 is 14.8 Å². The van der Waals surface area contributed by atoms with Crippen molar-refractivity contribution in [1.82, 2.24) is 5.32 Å². The van der Waals surface area contributed by atoms with Crippen molar-refractivity contribution in [3.05, 3.63) is 63.2 Å². The summed E-state index contributed by atoms with van der Waals surface area (Å²) in [5, 5.41) is 13.8. The Kier molecular flexibility index (Phi) is 6.54. The van der Waals surface area contributed by atoms with Gasteiger partial charge in [0.25, 0.3) is 11.6 Å². The summed E-state index contributed by atoms with van der Waals surface area (Å²) in [5.41, 5.74) is 1.40. The maximum absolute atomic E-state index is 12.4. The maximum atomic E-state index is 12.4. The van der Waals surface area contributed by atoms with E-state index in [1.54, 1.807) is 19.1 Å². The van der Waals surface area contributed by atoms with Gasteiger partial charge in [0, 0.05) is 23.7 Å². The first-order valence-electron chi connectivity index (χ1n) is 8.38. The molecule has 2 rings (SSSR count). The summed E-state index contributed by atoms with van der Waals surface area (Å²) >= 11 is 0. The van der Waals surface area contributed by atoms with Gasteiger partial charge in [-0.3, -0.25) is 14.9 Å². The number of carbonyl (C=O) groups excluding carboxylic acids is 1. The molecule has 2 aromatic carbocycles. The van der Waals surface area contributed by atoms with Crippen LogP contribution in [0.4, 0.5) is 5.69 Å². The minimum Gasteiger partial charge on any atom is -0.490 e. The molecule has 0 saturated carbocycles. The van der Waals surface area contributed by atoms with E-state index in [-0.39, 0.29) is 23.7 Å². The second kappa shape index (κ2) is 8.84. The zero-order valence-electron chi connectivity index (χ0n) is 15.1. The Bertz CT molecular complexity index is 805. The smallest absolute Gasteiger partial charge is 0.273 e. The lowest BCUT2D eigenvalue weighted by atomic mass is 10.1. The Morgan fingerprint density at radius 1 is 1.12 bits per heavy atom. The van der Waals surface area contributed by atoms with Crippen LogP contribution in [-0.2, 0) is 6.54 Å². The number of benzene rings is 2. The normalized spacial score (nSPS) is 10.3. The van der Waals surface area contributed by atoms with Crippen molar-refractivity contribution in [3.8, 4) is 11.5 Å². The Morgan fingerprint density at radius 2 is 1.81 bits per heavy atom. The lowest BCUT2D eigenvalue weighted by Gasteiger charge is -2.13. The summed E-state index contributed by atoms with van der Waals surface area (Å²) < 4.78 is 11.1. The second-order valence-electron chi connectivity index (χ2n) is 5.54. The summed E-state index contributed by atoms with van der Waals surface area (Å²) in [4.78, 5) is 22.9. The van der Waals surface area contributed by atoms with Crippen LogP contribution >= 0.6 is 0 Å². The van der Waals surface area contributed by atoms with Crippen LogP contribution in [0.3, 0.4) is 0 Å². The van der Waals surface area contributed by atoms with Crippen LogP contribution in [0.15, 0.2) is 36.4 Å². The lowest BCUT2D eigenvalue weighted by Crippen LogP contribution is -2.23.